The number of hydrogen-bond acceptors (Lipinski definition) is 17. The molecule has 64 heavy (non-hydrogen) atoms. The summed E-state index contributed by atoms with van der Waals surface area (Å²) in [5.74, 6) is -7.45. The summed E-state index contributed by atoms with van der Waals surface area (Å²) in [6.45, 7) is 2.94. The van der Waals surface area contributed by atoms with Crippen LogP contribution in [0.25, 0.3) is 11.2 Å². The van der Waals surface area contributed by atoms with E-state index in [-0.39, 0.29) is 66.7 Å². The zero-order chi connectivity index (χ0) is 47.2. The van der Waals surface area contributed by atoms with E-state index in [1.165, 1.54) is 44.8 Å². The average molecular weight is 952 g/mol. The number of carboxylic acids is 3. The van der Waals surface area contributed by atoms with Gasteiger partial charge in [0, 0.05) is 67.4 Å². The van der Waals surface area contributed by atoms with Crippen LogP contribution in [0.15, 0.2) is 35.3 Å². The highest BCUT2D eigenvalue weighted by Gasteiger charge is 2.27. The van der Waals surface area contributed by atoms with Gasteiger partial charge in [0.1, 0.15) is 18.4 Å². The molecule has 0 saturated heterocycles. The number of aliphatic carboxylic acids is 3. The first-order valence-electron chi connectivity index (χ1n) is 19.9. The van der Waals surface area contributed by atoms with Crippen molar-refractivity contribution in [2.45, 2.75) is 76.9 Å². The number of nitrogens with two attached hydrogens (primary N) is 1. The number of aromatic nitrogens is 4. The van der Waals surface area contributed by atoms with Crippen molar-refractivity contribution in [3.8, 4) is 0 Å². The van der Waals surface area contributed by atoms with Crippen LogP contribution in [-0.2, 0) is 40.0 Å². The van der Waals surface area contributed by atoms with Gasteiger partial charge in [-0.1, -0.05) is 28.5 Å². The van der Waals surface area contributed by atoms with E-state index in [2.05, 4.69) is 35.9 Å². The lowest BCUT2D eigenvalue weighted by molar-refractivity contribution is -0.144. The molecule has 0 spiro atoms. The predicted octanol–water partition coefficient (Wildman–Crippen LogP) is 2.70. The first-order chi connectivity index (χ1) is 30.5. The SMILES string of the molecule is CCCN(CCCl)C(=O)OCCSSCC(NC(=O)CCC(CC(=O)CCC(NC(=O)c1ccc(NCc2cnc3nc(N)[nH]c(=O)c3n2)cc1)C(=O)O)C(=O)O)C(=O)CCC(=O)O. The molecule has 0 aliphatic heterocycles. The van der Waals surface area contributed by atoms with Crippen molar-refractivity contribution < 1.29 is 58.4 Å². The minimum atomic E-state index is -1.50. The molecule has 2 aromatic heterocycles. The van der Waals surface area contributed by atoms with Crippen molar-refractivity contribution in [3.05, 3.63) is 52.1 Å². The molecule has 0 aliphatic rings. The molecule has 3 rings (SSSR count). The number of rotatable bonds is 30. The second-order valence-electron chi connectivity index (χ2n) is 14.0. The number of nitrogen functional groups attached to an aromatic ring is 1. The number of nitrogens with one attached hydrogen (secondary N) is 4. The van der Waals surface area contributed by atoms with Gasteiger partial charge >= 0.3 is 24.0 Å². The van der Waals surface area contributed by atoms with Gasteiger partial charge in [0.15, 0.2) is 16.9 Å². The fourth-order valence-corrected chi connectivity index (χ4v) is 8.00. The summed E-state index contributed by atoms with van der Waals surface area (Å²) in [6, 6.07) is 3.36. The molecule has 25 heteroatoms. The predicted molar refractivity (Wildman–Crippen MR) is 237 cm³/mol. The second kappa shape index (κ2) is 27.2. The summed E-state index contributed by atoms with van der Waals surface area (Å²) < 4.78 is 5.26. The van der Waals surface area contributed by atoms with Crippen molar-refractivity contribution in [2.24, 2.45) is 5.92 Å². The number of carboxylic acid groups (broad SMARTS) is 3. The number of alkyl halides is 1. The fourth-order valence-electron chi connectivity index (χ4n) is 5.77. The highest BCUT2D eigenvalue weighted by Crippen LogP contribution is 2.23. The van der Waals surface area contributed by atoms with Crippen LogP contribution in [0, 0.1) is 5.92 Å². The quantitative estimate of drug-likeness (QED) is 0.0270. The maximum absolute atomic E-state index is 12.9. The number of benzene rings is 1. The van der Waals surface area contributed by atoms with Gasteiger partial charge in [-0.2, -0.15) is 4.98 Å². The molecule has 0 bridgehead atoms. The molecule has 2 heterocycles. The van der Waals surface area contributed by atoms with Gasteiger partial charge < -0.3 is 46.6 Å². The van der Waals surface area contributed by atoms with Crippen LogP contribution in [0.2, 0.25) is 0 Å². The number of ketones is 2. The van der Waals surface area contributed by atoms with E-state index >= 15 is 0 Å². The van der Waals surface area contributed by atoms with Gasteiger partial charge in [0.05, 0.1) is 36.8 Å². The number of Topliss-reactive ketones (excluding diaryl/α,β-unsaturated/α-hetero) is 2. The smallest absolute Gasteiger partial charge is 0.409 e. The summed E-state index contributed by atoms with van der Waals surface area (Å²) in [5, 5.41) is 36.5. The molecule has 9 N–H and O–H groups in total. The van der Waals surface area contributed by atoms with E-state index in [1.54, 1.807) is 12.1 Å². The normalized spacial score (nSPS) is 12.3. The summed E-state index contributed by atoms with van der Waals surface area (Å²) in [4.78, 5) is 127. The zero-order valence-corrected chi connectivity index (χ0v) is 37.1. The molecule has 3 atom stereocenters. The van der Waals surface area contributed by atoms with Crippen molar-refractivity contribution in [1.29, 1.82) is 0 Å². The standard InChI is InChI=1S/C39H50ClN9O13S2/c1-2-14-49(15-13-40)39(61)62-16-17-63-64-21-28(29(51)10-12-31(53)54)45-30(52)11-5-23(36(57)58)18-26(50)8-9-27(37(59)60)46-34(55)22-3-6-24(7-4-22)42-19-25-20-43-33-32(44-25)35(56)48-38(41)47-33/h3-4,6-7,20,23,27-28,42H,2,5,8-19,21H2,1H3,(H,45,52)(H,46,55)(H,53,54)(H,57,58)(H,59,60)(H3,41,43,47,48,56). The Kier molecular flexibility index (Phi) is 22.3. The van der Waals surface area contributed by atoms with Crippen molar-refractivity contribution in [1.82, 2.24) is 35.5 Å². The molecule has 3 unspecified atom stereocenters. The largest absolute Gasteiger partial charge is 0.481 e. The van der Waals surface area contributed by atoms with Gasteiger partial charge in [0.2, 0.25) is 11.9 Å². The number of fused-ring (bicyclic) bond motifs is 1. The molecule has 0 fully saturated rings. The molecule has 0 aliphatic carbocycles. The number of amides is 3. The molecule has 0 radical (unpaired) electrons. The Morgan fingerprint density at radius 1 is 0.906 bits per heavy atom. The van der Waals surface area contributed by atoms with E-state index in [0.29, 0.717) is 30.2 Å². The number of ether oxygens (including phenoxy) is 1. The average Bonchev–Trinajstić information content (AvgIpc) is 3.25. The molecule has 3 aromatic rings. The van der Waals surface area contributed by atoms with Gasteiger partial charge in [-0.05, 0) is 43.5 Å². The zero-order valence-electron chi connectivity index (χ0n) is 34.7. The summed E-state index contributed by atoms with van der Waals surface area (Å²) in [7, 11) is 2.44. The summed E-state index contributed by atoms with van der Waals surface area (Å²) in [6.07, 6.45) is -1.20. The van der Waals surface area contributed by atoms with E-state index in [1.807, 2.05) is 6.92 Å². The Balaban J connectivity index is 1.47. The van der Waals surface area contributed by atoms with Gasteiger partial charge in [-0.3, -0.25) is 38.5 Å². The van der Waals surface area contributed by atoms with E-state index in [4.69, 9.17) is 27.2 Å². The third-order valence-electron chi connectivity index (χ3n) is 9.09. The minimum absolute atomic E-state index is 0.00425. The second-order valence-corrected chi connectivity index (χ2v) is 17.0. The lowest BCUT2D eigenvalue weighted by Crippen LogP contribution is -2.43. The Morgan fingerprint density at radius 2 is 1.64 bits per heavy atom. The van der Waals surface area contributed by atoms with Crippen LogP contribution < -0.4 is 27.2 Å². The number of H-pyrrole nitrogens is 1. The van der Waals surface area contributed by atoms with E-state index in [0.717, 1.165) is 6.42 Å². The number of nitrogens with zero attached hydrogens (tertiary/aromatic N) is 4. The number of halogens is 1. The fraction of sp³-hybridized carbons (Fsp3) is 0.487. The van der Waals surface area contributed by atoms with Crippen LogP contribution in [0.5, 0.6) is 0 Å². The summed E-state index contributed by atoms with van der Waals surface area (Å²) >= 11 is 5.74. The van der Waals surface area contributed by atoms with Crippen LogP contribution in [0.4, 0.5) is 16.4 Å². The van der Waals surface area contributed by atoms with Crippen molar-refractivity contribution >= 4 is 103 Å². The van der Waals surface area contributed by atoms with Crippen LogP contribution >= 0.6 is 33.2 Å². The van der Waals surface area contributed by atoms with Gasteiger partial charge in [0.25, 0.3) is 11.5 Å². The molecular weight excluding hydrogens is 902 g/mol. The first-order valence-corrected chi connectivity index (χ1v) is 22.9. The highest BCUT2D eigenvalue weighted by molar-refractivity contribution is 8.76. The van der Waals surface area contributed by atoms with Crippen LogP contribution in [-0.4, -0.2) is 137 Å². The lowest BCUT2D eigenvalue weighted by atomic mass is 9.94. The molecular formula is C39H50ClN9O13S2. The van der Waals surface area contributed by atoms with Crippen molar-refractivity contribution in [3.63, 3.8) is 0 Å². The number of aromatic amines is 1. The molecule has 1 aromatic carbocycles. The topological polar surface area (TPSA) is 343 Å². The third-order valence-corrected chi connectivity index (χ3v) is 11.6. The minimum Gasteiger partial charge on any atom is -0.481 e. The molecule has 22 nitrogen and oxygen atoms in total. The number of carbonyl (C=O) groups is 8. The Labute approximate surface area is 379 Å². The number of anilines is 2. The Morgan fingerprint density at radius 3 is 2.30 bits per heavy atom. The van der Waals surface area contributed by atoms with Crippen LogP contribution in [0.1, 0.15) is 74.3 Å². The molecule has 0 saturated carbocycles. The van der Waals surface area contributed by atoms with E-state index in [9.17, 15) is 53.4 Å². The van der Waals surface area contributed by atoms with E-state index < -0.39 is 96.6 Å². The highest BCUT2D eigenvalue weighted by atomic mass is 35.5. The van der Waals surface area contributed by atoms with Crippen LogP contribution in [0.3, 0.4) is 0 Å². The van der Waals surface area contributed by atoms with Gasteiger partial charge in [-0.15, -0.1) is 11.6 Å². The number of hydrogen-bond donors (Lipinski definition) is 8. The maximum atomic E-state index is 12.9. The van der Waals surface area contributed by atoms with Gasteiger partial charge in [-0.25, -0.2) is 19.6 Å². The lowest BCUT2D eigenvalue weighted by Gasteiger charge is -2.20. The Hall–Kier alpha value is -6.01. The molecule has 3 amide bonds. The third kappa shape index (κ3) is 18.4. The monoisotopic (exact) mass is 951 g/mol. The first kappa shape index (κ1) is 52.3. The maximum Gasteiger partial charge on any atom is 0.409 e. The van der Waals surface area contributed by atoms with Crippen molar-refractivity contribution in [2.75, 3.05) is 48.1 Å². The number of carbonyl (C=O) groups excluding carboxylic acids is 5. The molecule has 348 valence electrons. The Bertz CT molecular complexity index is 2180. The summed E-state index contributed by atoms with van der Waals surface area (Å²) in [5.41, 5.74) is 6.13.